The Hall–Kier alpha value is -1.36. The fraction of sp³-hybridized carbons (Fsp3) is 0.600. The van der Waals surface area contributed by atoms with Crippen LogP contribution < -0.4 is 4.90 Å². The molecule has 2 aromatic heterocycles. The van der Waals surface area contributed by atoms with Crippen LogP contribution >= 0.6 is 11.3 Å². The largest absolute Gasteiger partial charge is 0.355 e. The number of hydrogen-bond donors (Lipinski definition) is 0. The Bertz CT molecular complexity index is 601. The lowest BCUT2D eigenvalue weighted by Gasteiger charge is -2.21. The van der Waals surface area contributed by atoms with Crippen LogP contribution in [0.1, 0.15) is 43.6 Å². The highest BCUT2D eigenvalue weighted by molar-refractivity contribution is 7.15. The van der Waals surface area contributed by atoms with E-state index in [4.69, 9.17) is 0 Å². The van der Waals surface area contributed by atoms with E-state index in [0.717, 1.165) is 42.0 Å². The minimum Gasteiger partial charge on any atom is -0.355 e. The minimum atomic E-state index is 0.698. The van der Waals surface area contributed by atoms with E-state index >= 15 is 0 Å². The van der Waals surface area contributed by atoms with Crippen molar-refractivity contribution in [2.24, 2.45) is 11.8 Å². The van der Waals surface area contributed by atoms with Gasteiger partial charge in [0, 0.05) is 24.7 Å². The summed E-state index contributed by atoms with van der Waals surface area (Å²) >= 11 is 1.58. The molecule has 1 fully saturated rings. The van der Waals surface area contributed by atoms with Gasteiger partial charge in [0.05, 0.1) is 0 Å². The second-order valence-corrected chi connectivity index (χ2v) is 6.79. The zero-order valence-electron chi connectivity index (χ0n) is 12.1. The monoisotopic (exact) mass is 291 g/mol. The third-order valence-electron chi connectivity index (χ3n) is 4.41. The van der Waals surface area contributed by atoms with E-state index in [-0.39, 0.29) is 0 Å². The number of nitrogens with zero attached hydrogens (tertiary/aromatic N) is 3. The topological polar surface area (TPSA) is 37.6 Å². The van der Waals surface area contributed by atoms with Gasteiger partial charge in [-0.1, -0.05) is 13.8 Å². The summed E-state index contributed by atoms with van der Waals surface area (Å²) in [4.78, 5) is 19.3. The third kappa shape index (κ3) is 2.35. The Balaban J connectivity index is 1.87. The molecule has 108 valence electrons. The maximum absolute atomic E-state index is 11.4. The summed E-state index contributed by atoms with van der Waals surface area (Å²) in [5.41, 5.74) is 0.698. The van der Waals surface area contributed by atoms with E-state index in [1.54, 1.807) is 11.3 Å². The lowest BCUT2D eigenvalue weighted by molar-refractivity contribution is 0.111. The molecular weight excluding hydrogens is 270 g/mol. The average Bonchev–Trinajstić information content (AvgIpc) is 2.90. The normalized spacial score (nSPS) is 20.6. The lowest BCUT2D eigenvalue weighted by Crippen LogP contribution is -2.26. The van der Waals surface area contributed by atoms with Crippen molar-refractivity contribution in [1.29, 1.82) is 0 Å². The molecule has 1 saturated heterocycles. The van der Waals surface area contributed by atoms with Gasteiger partial charge < -0.3 is 4.90 Å². The van der Waals surface area contributed by atoms with Gasteiger partial charge in [0.25, 0.3) is 0 Å². The molecule has 1 unspecified atom stereocenters. The summed E-state index contributed by atoms with van der Waals surface area (Å²) in [6, 6.07) is 0. The number of fused-ring (bicyclic) bond motifs is 1. The number of hydrogen-bond acceptors (Lipinski definition) is 4. The molecule has 0 aliphatic carbocycles. The molecule has 0 aromatic carbocycles. The molecule has 0 spiro atoms. The van der Waals surface area contributed by atoms with Crippen LogP contribution in [0.4, 0.5) is 5.82 Å². The van der Waals surface area contributed by atoms with Gasteiger partial charge in [0.1, 0.15) is 5.69 Å². The predicted octanol–water partition coefficient (Wildman–Crippen LogP) is 3.47. The molecule has 20 heavy (non-hydrogen) atoms. The molecule has 1 aliphatic rings. The van der Waals surface area contributed by atoms with E-state index in [0.29, 0.717) is 5.69 Å². The van der Waals surface area contributed by atoms with Crippen LogP contribution in [0.2, 0.25) is 0 Å². The van der Waals surface area contributed by atoms with Crippen molar-refractivity contribution in [2.75, 3.05) is 18.0 Å². The molecule has 3 heterocycles. The molecule has 0 amide bonds. The first-order valence-corrected chi connectivity index (χ1v) is 8.24. The van der Waals surface area contributed by atoms with Gasteiger partial charge in [-0.2, -0.15) is 0 Å². The molecule has 0 saturated carbocycles. The van der Waals surface area contributed by atoms with Crippen molar-refractivity contribution in [3.05, 3.63) is 17.3 Å². The highest BCUT2D eigenvalue weighted by Crippen LogP contribution is 2.29. The summed E-state index contributed by atoms with van der Waals surface area (Å²) in [7, 11) is 0. The zero-order valence-corrected chi connectivity index (χ0v) is 12.9. The molecule has 2 aromatic rings. The van der Waals surface area contributed by atoms with Gasteiger partial charge in [-0.15, -0.1) is 11.3 Å². The number of rotatable bonds is 3. The average molecular weight is 291 g/mol. The van der Waals surface area contributed by atoms with Gasteiger partial charge in [-0.25, -0.2) is 4.98 Å². The first-order valence-electron chi connectivity index (χ1n) is 7.36. The number of thiazole rings is 1. The molecule has 1 aliphatic heterocycles. The summed E-state index contributed by atoms with van der Waals surface area (Å²) in [5.74, 6) is 2.41. The quantitative estimate of drug-likeness (QED) is 0.813. The molecule has 4 nitrogen and oxygen atoms in total. The Morgan fingerprint density at radius 1 is 1.40 bits per heavy atom. The molecule has 0 bridgehead atoms. The number of imidazole rings is 1. The Kier molecular flexibility index (Phi) is 3.78. The van der Waals surface area contributed by atoms with Crippen molar-refractivity contribution in [2.45, 2.75) is 33.1 Å². The zero-order chi connectivity index (χ0) is 14.1. The van der Waals surface area contributed by atoms with Crippen LogP contribution in [0.25, 0.3) is 4.96 Å². The highest BCUT2D eigenvalue weighted by Gasteiger charge is 2.23. The Morgan fingerprint density at radius 2 is 2.25 bits per heavy atom. The smallest absolute Gasteiger partial charge is 0.196 e. The maximum atomic E-state index is 11.4. The van der Waals surface area contributed by atoms with Crippen LogP contribution in [-0.2, 0) is 0 Å². The third-order valence-corrected chi connectivity index (χ3v) is 5.16. The van der Waals surface area contributed by atoms with Crippen molar-refractivity contribution in [3.63, 3.8) is 0 Å². The number of aromatic nitrogens is 2. The number of aldehydes is 1. The van der Waals surface area contributed by atoms with Gasteiger partial charge in [-0.05, 0) is 31.1 Å². The standard InChI is InChI=1S/C15H21N3OS/c1-11(2)12-4-3-6-17(7-5-12)14-13(10-19)18-8-9-20-15(18)16-14/h8-12H,3-7H2,1-2H3. The molecular formula is C15H21N3OS. The van der Waals surface area contributed by atoms with Gasteiger partial charge in [0.2, 0.25) is 0 Å². The summed E-state index contributed by atoms with van der Waals surface area (Å²) in [6.45, 7) is 6.64. The van der Waals surface area contributed by atoms with E-state index in [1.807, 2.05) is 16.0 Å². The summed E-state index contributed by atoms with van der Waals surface area (Å²) in [6.07, 6.45) is 6.53. The number of anilines is 1. The molecule has 0 N–H and O–H groups in total. The van der Waals surface area contributed by atoms with Crippen molar-refractivity contribution in [1.82, 2.24) is 9.38 Å². The van der Waals surface area contributed by atoms with E-state index < -0.39 is 0 Å². The summed E-state index contributed by atoms with van der Waals surface area (Å²) < 4.78 is 1.90. The van der Waals surface area contributed by atoms with E-state index in [1.165, 1.54) is 19.3 Å². The van der Waals surface area contributed by atoms with Crippen LogP contribution in [0.3, 0.4) is 0 Å². The van der Waals surface area contributed by atoms with Gasteiger partial charge in [0.15, 0.2) is 17.1 Å². The van der Waals surface area contributed by atoms with Crippen LogP contribution in [0, 0.1) is 11.8 Å². The summed E-state index contributed by atoms with van der Waals surface area (Å²) in [5, 5.41) is 1.97. The predicted molar refractivity (Wildman–Crippen MR) is 82.8 cm³/mol. The first kappa shape index (κ1) is 13.6. The fourth-order valence-electron chi connectivity index (χ4n) is 3.13. The van der Waals surface area contributed by atoms with Gasteiger partial charge >= 0.3 is 0 Å². The maximum Gasteiger partial charge on any atom is 0.196 e. The van der Waals surface area contributed by atoms with Crippen molar-refractivity contribution in [3.8, 4) is 0 Å². The highest BCUT2D eigenvalue weighted by atomic mass is 32.1. The van der Waals surface area contributed by atoms with Crippen LogP contribution in [0.15, 0.2) is 11.6 Å². The Labute approximate surface area is 123 Å². The number of carbonyl (C=O) groups is 1. The second kappa shape index (κ2) is 5.56. The lowest BCUT2D eigenvalue weighted by atomic mass is 9.89. The van der Waals surface area contributed by atoms with Crippen LogP contribution in [-0.4, -0.2) is 28.8 Å². The molecule has 5 heteroatoms. The molecule has 0 radical (unpaired) electrons. The SMILES string of the molecule is CC(C)C1CCCN(c2nc3sccn3c2C=O)CC1. The van der Waals surface area contributed by atoms with Crippen molar-refractivity contribution < 1.29 is 4.79 Å². The minimum absolute atomic E-state index is 0.698. The van der Waals surface area contributed by atoms with E-state index in [2.05, 4.69) is 23.7 Å². The number of carbonyl (C=O) groups excluding carboxylic acids is 1. The molecule has 3 rings (SSSR count). The van der Waals surface area contributed by atoms with Crippen molar-refractivity contribution >= 4 is 28.4 Å². The fourth-order valence-corrected chi connectivity index (χ4v) is 3.85. The first-order chi connectivity index (χ1) is 9.70. The second-order valence-electron chi connectivity index (χ2n) is 5.92. The molecule has 1 atom stereocenters. The van der Waals surface area contributed by atoms with E-state index in [9.17, 15) is 4.79 Å². The van der Waals surface area contributed by atoms with Gasteiger partial charge in [-0.3, -0.25) is 9.20 Å². The Morgan fingerprint density at radius 3 is 3.00 bits per heavy atom. The van der Waals surface area contributed by atoms with Crippen LogP contribution in [0.5, 0.6) is 0 Å².